The second kappa shape index (κ2) is 31.2. The van der Waals surface area contributed by atoms with Crippen LogP contribution in [0.25, 0.3) is 0 Å². The fourth-order valence-corrected chi connectivity index (χ4v) is 9.45. The van der Waals surface area contributed by atoms with Crippen LogP contribution in [0.5, 0.6) is 0 Å². The molecule has 1 atom stereocenters. The van der Waals surface area contributed by atoms with Gasteiger partial charge in [0.25, 0.3) is 0 Å². The minimum absolute atomic E-state index is 0.415. The maximum atomic E-state index is 12.8. The molecule has 0 heterocycles. The van der Waals surface area contributed by atoms with Crippen LogP contribution in [-0.4, -0.2) is 11.1 Å². The molecule has 0 saturated heterocycles. The first kappa shape index (κ1) is 47.5. The van der Waals surface area contributed by atoms with E-state index in [9.17, 15) is 9.90 Å². The Morgan fingerprint density at radius 1 is 0.333 bits per heavy atom. The predicted molar refractivity (Wildman–Crippen MR) is 216 cm³/mol. The monoisotopic (exact) mass is 677 g/mol. The van der Waals surface area contributed by atoms with Crippen molar-refractivity contribution in [2.45, 2.75) is 273 Å². The lowest BCUT2D eigenvalue weighted by Gasteiger charge is -2.54. The number of rotatable bonds is 38. The van der Waals surface area contributed by atoms with Gasteiger partial charge in [0, 0.05) is 0 Å². The van der Waals surface area contributed by atoms with Gasteiger partial charge < -0.3 is 5.11 Å². The molecule has 0 saturated carbocycles. The molecule has 1 N–H and O–H groups in total. The van der Waals surface area contributed by atoms with Crippen LogP contribution in [0, 0.1) is 16.2 Å². The van der Waals surface area contributed by atoms with Crippen molar-refractivity contribution in [1.29, 1.82) is 0 Å². The molecule has 0 aliphatic heterocycles. The Morgan fingerprint density at radius 2 is 0.542 bits per heavy atom. The highest BCUT2D eigenvalue weighted by atomic mass is 16.4. The molecule has 0 radical (unpaired) electrons. The van der Waals surface area contributed by atoms with E-state index in [1.807, 2.05) is 0 Å². The highest BCUT2D eigenvalue weighted by Crippen LogP contribution is 2.59. The van der Waals surface area contributed by atoms with E-state index in [0.29, 0.717) is 10.8 Å². The Hall–Kier alpha value is -0.530. The first-order valence-corrected chi connectivity index (χ1v) is 22.6. The van der Waals surface area contributed by atoms with Crippen molar-refractivity contribution >= 4 is 5.97 Å². The van der Waals surface area contributed by atoms with Gasteiger partial charge in [-0.1, -0.05) is 215 Å². The van der Waals surface area contributed by atoms with Crippen LogP contribution in [0.3, 0.4) is 0 Å². The quantitative estimate of drug-likeness (QED) is 0.0661. The molecule has 0 spiro atoms. The van der Waals surface area contributed by atoms with Gasteiger partial charge in [0.1, 0.15) is 0 Å². The second-order valence-corrected chi connectivity index (χ2v) is 16.6. The predicted octanol–water partition coefficient (Wildman–Crippen LogP) is 16.8. The summed E-state index contributed by atoms with van der Waals surface area (Å²) in [5.74, 6) is -0.524. The molecule has 0 aromatic heterocycles. The van der Waals surface area contributed by atoms with E-state index in [4.69, 9.17) is 0 Å². The van der Waals surface area contributed by atoms with Crippen LogP contribution >= 0.6 is 0 Å². The minimum atomic E-state index is -0.524. The molecule has 0 aliphatic rings. The zero-order valence-electron chi connectivity index (χ0n) is 34.6. The number of carbonyl (C=O) groups is 1. The van der Waals surface area contributed by atoms with Crippen LogP contribution in [0.1, 0.15) is 273 Å². The van der Waals surface area contributed by atoms with Gasteiger partial charge in [0.2, 0.25) is 0 Å². The zero-order valence-corrected chi connectivity index (χ0v) is 34.6. The van der Waals surface area contributed by atoms with Gasteiger partial charge in [-0.3, -0.25) is 4.79 Å². The Morgan fingerprint density at radius 3 is 0.750 bits per heavy atom. The van der Waals surface area contributed by atoms with E-state index in [1.165, 1.54) is 193 Å². The van der Waals surface area contributed by atoms with Crippen molar-refractivity contribution in [3.8, 4) is 0 Å². The Balaban J connectivity index is 6.66. The molecule has 0 aromatic carbocycles. The van der Waals surface area contributed by atoms with Crippen LogP contribution in [0.15, 0.2) is 0 Å². The number of aliphatic carboxylic acids is 1. The Labute approximate surface area is 304 Å². The van der Waals surface area contributed by atoms with Gasteiger partial charge in [-0.15, -0.1) is 0 Å². The lowest BCUT2D eigenvalue weighted by molar-refractivity contribution is -0.150. The third kappa shape index (κ3) is 19.2. The molecule has 0 aliphatic carbocycles. The molecule has 0 amide bonds. The zero-order chi connectivity index (χ0) is 35.8. The summed E-state index contributed by atoms with van der Waals surface area (Å²) >= 11 is 0. The van der Waals surface area contributed by atoms with Crippen molar-refractivity contribution < 1.29 is 9.90 Å². The molecule has 1 unspecified atom stereocenters. The van der Waals surface area contributed by atoms with Gasteiger partial charge in [-0.05, 0) is 68.6 Å². The minimum Gasteiger partial charge on any atom is -0.481 e. The van der Waals surface area contributed by atoms with Crippen LogP contribution in [0.2, 0.25) is 0 Å². The Kier molecular flexibility index (Phi) is 30.9. The summed E-state index contributed by atoms with van der Waals surface area (Å²) in [6.45, 7) is 16.2. The molecule has 0 fully saturated rings. The lowest BCUT2D eigenvalue weighted by atomic mass is 9.51. The first-order valence-electron chi connectivity index (χ1n) is 22.6. The lowest BCUT2D eigenvalue weighted by Crippen LogP contribution is -2.43. The first-order chi connectivity index (χ1) is 23.3. The number of hydrogen-bond donors (Lipinski definition) is 1. The molecule has 2 nitrogen and oxygen atoms in total. The summed E-state index contributed by atoms with van der Waals surface area (Å²) in [5, 5.41) is 10.5. The SMILES string of the molecule is CCCCCCC(CC)(CCCCC(CCCCCC)(CCCCCC)C(CCCCCC)(CCCCCC)CCCCCC)C(=O)O. The van der Waals surface area contributed by atoms with E-state index in [0.717, 1.165) is 32.1 Å². The summed E-state index contributed by atoms with van der Waals surface area (Å²) in [6, 6.07) is 0. The maximum Gasteiger partial charge on any atom is 0.309 e. The van der Waals surface area contributed by atoms with Crippen molar-refractivity contribution in [3.05, 3.63) is 0 Å². The maximum absolute atomic E-state index is 12.8. The van der Waals surface area contributed by atoms with E-state index in [2.05, 4.69) is 48.5 Å². The fourth-order valence-electron chi connectivity index (χ4n) is 9.45. The van der Waals surface area contributed by atoms with Crippen LogP contribution < -0.4 is 0 Å². The fraction of sp³-hybridized carbons (Fsp3) is 0.978. The van der Waals surface area contributed by atoms with E-state index in [1.54, 1.807) is 0 Å². The van der Waals surface area contributed by atoms with Crippen molar-refractivity contribution in [3.63, 3.8) is 0 Å². The molecule has 48 heavy (non-hydrogen) atoms. The standard InChI is InChI=1S/C46H92O2/c1-8-15-21-27-35-44(14-7,43(47)48)36-33-34-42-46(40-31-25-19-12-5,41-32-26-20-13-6)45(37-28-22-16-9-2,38-29-23-17-10-3)39-30-24-18-11-4/h8-42H2,1-7H3,(H,47,48). The highest BCUT2D eigenvalue weighted by Gasteiger charge is 2.48. The largest absolute Gasteiger partial charge is 0.481 e. The van der Waals surface area contributed by atoms with Crippen molar-refractivity contribution in [1.82, 2.24) is 0 Å². The molecule has 0 bridgehead atoms. The number of unbranched alkanes of at least 4 members (excludes halogenated alkanes) is 19. The normalized spacial score (nSPS) is 13.6. The van der Waals surface area contributed by atoms with E-state index in [-0.39, 0.29) is 0 Å². The van der Waals surface area contributed by atoms with Gasteiger partial charge >= 0.3 is 5.97 Å². The van der Waals surface area contributed by atoms with Crippen molar-refractivity contribution in [2.75, 3.05) is 0 Å². The second-order valence-electron chi connectivity index (χ2n) is 16.6. The molecule has 2 heteroatoms. The van der Waals surface area contributed by atoms with Gasteiger partial charge in [0.05, 0.1) is 5.41 Å². The van der Waals surface area contributed by atoms with Crippen LogP contribution in [0.4, 0.5) is 0 Å². The average Bonchev–Trinajstić information content (AvgIpc) is 3.09. The third-order valence-corrected chi connectivity index (χ3v) is 12.9. The van der Waals surface area contributed by atoms with Crippen molar-refractivity contribution in [2.24, 2.45) is 16.2 Å². The Bertz CT molecular complexity index is 655. The summed E-state index contributed by atoms with van der Waals surface area (Å²) in [6.07, 6.45) is 45.6. The topological polar surface area (TPSA) is 37.3 Å². The summed E-state index contributed by atoms with van der Waals surface area (Å²) in [4.78, 5) is 12.8. The summed E-state index contributed by atoms with van der Waals surface area (Å²) in [5.41, 5.74) is 0.351. The number of carboxylic acids is 1. The van der Waals surface area contributed by atoms with Gasteiger partial charge in [-0.25, -0.2) is 0 Å². The number of carboxylic acid groups (broad SMARTS) is 1. The highest BCUT2D eigenvalue weighted by molar-refractivity contribution is 5.74. The molecule has 0 aromatic rings. The van der Waals surface area contributed by atoms with Gasteiger partial charge in [-0.2, -0.15) is 0 Å². The smallest absolute Gasteiger partial charge is 0.309 e. The third-order valence-electron chi connectivity index (χ3n) is 12.9. The molecule has 288 valence electrons. The van der Waals surface area contributed by atoms with E-state index < -0.39 is 11.4 Å². The molecule has 0 rings (SSSR count). The summed E-state index contributed by atoms with van der Waals surface area (Å²) in [7, 11) is 0. The molecular weight excluding hydrogens is 585 g/mol. The molecular formula is C46H92O2. The average molecular weight is 677 g/mol. The van der Waals surface area contributed by atoms with Crippen LogP contribution in [-0.2, 0) is 4.79 Å². The summed E-state index contributed by atoms with van der Waals surface area (Å²) < 4.78 is 0. The van der Waals surface area contributed by atoms with E-state index >= 15 is 0 Å². The van der Waals surface area contributed by atoms with Gasteiger partial charge in [0.15, 0.2) is 0 Å². The number of hydrogen-bond acceptors (Lipinski definition) is 1.